The quantitative estimate of drug-likeness (QED) is 0.138. The van der Waals surface area contributed by atoms with Crippen LogP contribution in [0.25, 0.3) is 0 Å². The molecule has 214 valence electrons. The average Bonchev–Trinajstić information content (AvgIpc) is 3.33. The van der Waals surface area contributed by atoms with Crippen molar-refractivity contribution in [1.82, 2.24) is 14.8 Å². The first-order valence-corrected chi connectivity index (χ1v) is 15.3. The predicted octanol–water partition coefficient (Wildman–Crippen LogP) is 7.68. The van der Waals surface area contributed by atoms with E-state index in [1.165, 1.54) is 5.56 Å². The van der Waals surface area contributed by atoms with Gasteiger partial charge in [0, 0.05) is 17.0 Å². The lowest BCUT2D eigenvalue weighted by molar-refractivity contribution is -0.139. The zero-order valence-electron chi connectivity index (χ0n) is 24.6. The Balaban J connectivity index is 1.67. The molecule has 1 N–H and O–H groups in total. The van der Waals surface area contributed by atoms with Gasteiger partial charge >= 0.3 is 5.97 Å². The molecule has 0 saturated heterocycles. The number of rotatable bonds is 12. The van der Waals surface area contributed by atoms with Crippen LogP contribution < -0.4 is 10.1 Å². The van der Waals surface area contributed by atoms with E-state index >= 15 is 0 Å². The zero-order chi connectivity index (χ0) is 28.7. The van der Waals surface area contributed by atoms with Gasteiger partial charge in [-0.05, 0) is 42.4 Å². The van der Waals surface area contributed by atoms with Crippen LogP contribution in [0, 0.1) is 0 Å². The Morgan fingerprint density at radius 1 is 1.05 bits per heavy atom. The first-order valence-electron chi connectivity index (χ1n) is 14.3. The molecule has 0 radical (unpaired) electrons. The van der Waals surface area contributed by atoms with Crippen molar-refractivity contribution in [1.29, 1.82) is 0 Å². The lowest BCUT2D eigenvalue weighted by atomic mass is 9.87. The first kappa shape index (κ1) is 29.7. The van der Waals surface area contributed by atoms with Crippen LogP contribution in [-0.4, -0.2) is 33.1 Å². The van der Waals surface area contributed by atoms with Gasteiger partial charge in [-0.3, -0.25) is 0 Å². The molecular weight excluding hydrogens is 520 g/mol. The smallest absolute Gasteiger partial charge is 0.338 e. The number of allylic oxidation sites excluding steroid dienone is 1. The summed E-state index contributed by atoms with van der Waals surface area (Å²) in [5, 5.41) is 8.83. The molecule has 40 heavy (non-hydrogen) atoms. The van der Waals surface area contributed by atoms with Crippen molar-refractivity contribution >= 4 is 23.7 Å². The Morgan fingerprint density at radius 2 is 1.77 bits per heavy atom. The summed E-state index contributed by atoms with van der Waals surface area (Å²) in [5.74, 6) is 1.90. The molecule has 0 amide bonds. The van der Waals surface area contributed by atoms with Crippen molar-refractivity contribution in [3.8, 4) is 5.75 Å². The van der Waals surface area contributed by atoms with Crippen LogP contribution in [-0.2, 0) is 21.6 Å². The van der Waals surface area contributed by atoms with Crippen LogP contribution in [0.1, 0.15) is 90.0 Å². The monoisotopic (exact) mass is 562 g/mol. The first-order chi connectivity index (χ1) is 19.2. The Kier molecular flexibility index (Phi) is 9.95. The van der Waals surface area contributed by atoms with E-state index in [9.17, 15) is 4.79 Å². The van der Waals surface area contributed by atoms with Crippen molar-refractivity contribution in [2.45, 2.75) is 90.4 Å². The molecule has 7 nitrogen and oxygen atoms in total. The lowest BCUT2D eigenvalue weighted by Crippen LogP contribution is -2.30. The van der Waals surface area contributed by atoms with E-state index in [1.807, 2.05) is 31.2 Å². The number of esters is 1. The van der Waals surface area contributed by atoms with Crippen LogP contribution in [0.15, 0.2) is 65.0 Å². The van der Waals surface area contributed by atoms with Gasteiger partial charge in [-0.25, -0.2) is 9.48 Å². The number of unbranched alkanes of at least 4 members (excludes halogenated alkanes) is 2. The van der Waals surface area contributed by atoms with Crippen molar-refractivity contribution in [3.05, 3.63) is 76.5 Å². The summed E-state index contributed by atoms with van der Waals surface area (Å²) in [5.41, 5.74) is 4.53. The van der Waals surface area contributed by atoms with Crippen molar-refractivity contribution in [2.75, 3.05) is 17.7 Å². The van der Waals surface area contributed by atoms with Crippen molar-refractivity contribution < 1.29 is 14.3 Å². The largest absolute Gasteiger partial charge is 0.489 e. The molecule has 0 aliphatic carbocycles. The highest BCUT2D eigenvalue weighted by Crippen LogP contribution is 2.40. The van der Waals surface area contributed by atoms with Gasteiger partial charge in [-0.2, -0.15) is 4.98 Å². The number of carbonyl (C=O) groups excluding carboxylic acids is 1. The van der Waals surface area contributed by atoms with E-state index in [1.54, 1.807) is 16.4 Å². The fourth-order valence-electron chi connectivity index (χ4n) is 4.54. The van der Waals surface area contributed by atoms with Crippen molar-refractivity contribution in [2.24, 2.45) is 0 Å². The van der Waals surface area contributed by atoms with Gasteiger partial charge in [0.2, 0.25) is 11.1 Å². The second kappa shape index (κ2) is 13.4. The van der Waals surface area contributed by atoms with Gasteiger partial charge in [-0.1, -0.05) is 102 Å². The summed E-state index contributed by atoms with van der Waals surface area (Å²) < 4.78 is 13.9. The highest BCUT2D eigenvalue weighted by Gasteiger charge is 2.36. The molecule has 0 bridgehead atoms. The van der Waals surface area contributed by atoms with E-state index in [0.717, 1.165) is 42.6 Å². The minimum absolute atomic E-state index is 0.0938. The Hall–Kier alpha value is -3.26. The second-order valence-corrected chi connectivity index (χ2v) is 12.3. The van der Waals surface area contributed by atoms with Gasteiger partial charge in [0.15, 0.2) is 0 Å². The number of nitrogens with zero attached hydrogens (tertiary/aromatic N) is 3. The molecular formula is C32H42N4O3S. The van der Waals surface area contributed by atoms with Crippen LogP contribution in [0.2, 0.25) is 0 Å². The summed E-state index contributed by atoms with van der Waals surface area (Å²) in [6.45, 7) is 13.6. The van der Waals surface area contributed by atoms with Gasteiger partial charge < -0.3 is 14.8 Å². The predicted molar refractivity (Wildman–Crippen MR) is 162 cm³/mol. The maximum atomic E-state index is 13.5. The molecule has 2 aromatic carbocycles. The lowest BCUT2D eigenvalue weighted by Gasteiger charge is -2.29. The molecule has 4 rings (SSSR count). The molecule has 2 heterocycles. The number of thioether (sulfide) groups is 1. The summed E-state index contributed by atoms with van der Waals surface area (Å²) in [7, 11) is 0. The third-order valence-corrected chi connectivity index (χ3v) is 7.86. The molecule has 1 aliphatic heterocycles. The number of benzene rings is 2. The Morgan fingerprint density at radius 3 is 2.48 bits per heavy atom. The van der Waals surface area contributed by atoms with E-state index < -0.39 is 6.04 Å². The van der Waals surface area contributed by atoms with Crippen LogP contribution in [0.5, 0.6) is 5.75 Å². The number of aromatic nitrogens is 3. The third kappa shape index (κ3) is 7.08. The number of ether oxygens (including phenoxy) is 2. The molecule has 0 fully saturated rings. The standard InChI is InChI=1S/C32H42N4O3S/c1-7-9-19-38-29(37)27-22(3)33-30-34-31(40-20-10-8-2)35-36(30)28(27)25-13-11-12-14-26(25)39-21-23-15-17-24(18-16-23)32(4,5)6/h11-18,28H,7-10,19-21H2,1-6H3,(H,33,34,35). The van der Waals surface area contributed by atoms with Gasteiger partial charge in [0.05, 0.1) is 12.2 Å². The number of hydrogen-bond donors (Lipinski definition) is 1. The minimum atomic E-state index is -0.530. The van der Waals surface area contributed by atoms with Crippen LogP contribution >= 0.6 is 11.8 Å². The molecule has 8 heteroatoms. The SMILES string of the molecule is CCCCOC(=O)C1=C(C)Nc2nc(SCCCC)nn2C1c1ccccc1OCc1ccc(C(C)(C)C)cc1. The molecule has 3 aromatic rings. The Bertz CT molecular complexity index is 1320. The summed E-state index contributed by atoms with van der Waals surface area (Å²) >= 11 is 1.63. The van der Waals surface area contributed by atoms with Gasteiger partial charge in [0.25, 0.3) is 0 Å². The molecule has 1 unspecified atom stereocenters. The number of anilines is 1. The molecule has 1 atom stereocenters. The number of fused-ring (bicyclic) bond motifs is 1. The zero-order valence-corrected chi connectivity index (χ0v) is 25.4. The average molecular weight is 563 g/mol. The maximum Gasteiger partial charge on any atom is 0.338 e. The minimum Gasteiger partial charge on any atom is -0.489 e. The van der Waals surface area contributed by atoms with Crippen LogP contribution in [0.4, 0.5) is 5.95 Å². The van der Waals surface area contributed by atoms with Crippen molar-refractivity contribution in [3.63, 3.8) is 0 Å². The van der Waals surface area contributed by atoms with Gasteiger partial charge in [-0.15, -0.1) is 5.10 Å². The number of para-hydroxylation sites is 1. The fourth-order valence-corrected chi connectivity index (χ4v) is 5.45. The normalized spacial score (nSPS) is 15.0. The summed E-state index contributed by atoms with van der Waals surface area (Å²) in [4.78, 5) is 18.2. The molecule has 1 aliphatic rings. The summed E-state index contributed by atoms with van der Waals surface area (Å²) in [6, 6.07) is 15.9. The van der Waals surface area contributed by atoms with Crippen LogP contribution in [0.3, 0.4) is 0 Å². The van der Waals surface area contributed by atoms with E-state index in [2.05, 4.69) is 64.2 Å². The highest BCUT2D eigenvalue weighted by atomic mass is 32.2. The highest BCUT2D eigenvalue weighted by molar-refractivity contribution is 7.99. The third-order valence-electron chi connectivity index (χ3n) is 6.94. The molecule has 0 spiro atoms. The molecule has 0 saturated carbocycles. The van der Waals surface area contributed by atoms with E-state index in [0.29, 0.717) is 41.3 Å². The van der Waals surface area contributed by atoms with E-state index in [-0.39, 0.29) is 11.4 Å². The topological polar surface area (TPSA) is 78.3 Å². The van der Waals surface area contributed by atoms with Gasteiger partial charge in [0.1, 0.15) is 18.4 Å². The van der Waals surface area contributed by atoms with E-state index in [4.69, 9.17) is 19.6 Å². The number of hydrogen-bond acceptors (Lipinski definition) is 7. The molecule has 1 aromatic heterocycles. The Labute approximate surface area is 242 Å². The maximum absolute atomic E-state index is 13.5. The second-order valence-electron chi connectivity index (χ2n) is 11.2. The summed E-state index contributed by atoms with van der Waals surface area (Å²) in [6.07, 6.45) is 3.97. The fraction of sp³-hybridized carbons (Fsp3) is 0.469. The number of carbonyl (C=O) groups is 1. The number of nitrogens with one attached hydrogen (secondary N) is 1.